The zero-order chi connectivity index (χ0) is 16.7. The summed E-state index contributed by atoms with van der Waals surface area (Å²) in [6.45, 7) is 2.16. The van der Waals surface area contributed by atoms with Gasteiger partial charge in [-0.25, -0.2) is 8.42 Å². The Bertz CT molecular complexity index is 738. The molecule has 0 saturated heterocycles. The van der Waals surface area contributed by atoms with Crippen molar-refractivity contribution in [2.45, 2.75) is 24.7 Å². The summed E-state index contributed by atoms with van der Waals surface area (Å²) in [7, 11) is -3.15. The van der Waals surface area contributed by atoms with Crippen LogP contribution in [0, 0.1) is 0 Å². The Labute approximate surface area is 137 Å². The molecule has 1 N–H and O–H groups in total. The Morgan fingerprint density at radius 3 is 2.22 bits per heavy atom. The molecule has 0 bridgehead atoms. The van der Waals surface area contributed by atoms with Gasteiger partial charge in [0.05, 0.1) is 17.1 Å². The third-order valence-corrected chi connectivity index (χ3v) is 5.36. The van der Waals surface area contributed by atoms with Crippen molar-refractivity contribution in [3.05, 3.63) is 65.7 Å². The lowest BCUT2D eigenvalue weighted by molar-refractivity contribution is -0.120. The van der Waals surface area contributed by atoms with Crippen molar-refractivity contribution >= 4 is 15.7 Å². The molecule has 0 saturated carbocycles. The molecule has 2 aromatic carbocycles. The normalized spacial score (nSPS) is 11.2. The first kappa shape index (κ1) is 17.2. The molecule has 0 radical (unpaired) electrons. The minimum Gasteiger partial charge on any atom is -0.355 e. The fraction of sp³-hybridized carbons (Fsp3) is 0.278. The van der Waals surface area contributed by atoms with Gasteiger partial charge in [-0.1, -0.05) is 49.4 Å². The molecule has 5 heteroatoms. The third-order valence-electron chi connectivity index (χ3n) is 3.61. The van der Waals surface area contributed by atoms with E-state index in [1.807, 2.05) is 30.3 Å². The second-order valence-corrected chi connectivity index (χ2v) is 7.59. The summed E-state index contributed by atoms with van der Waals surface area (Å²) in [5, 5.41) is 2.88. The quantitative estimate of drug-likeness (QED) is 0.847. The maximum atomic E-state index is 11.8. The number of carbonyl (C=O) groups excluding carboxylic acids is 1. The van der Waals surface area contributed by atoms with E-state index in [0.29, 0.717) is 24.3 Å². The van der Waals surface area contributed by atoms with E-state index < -0.39 is 9.84 Å². The fourth-order valence-electron chi connectivity index (χ4n) is 2.22. The van der Waals surface area contributed by atoms with Crippen LogP contribution >= 0.6 is 0 Å². The second kappa shape index (κ2) is 7.92. The van der Waals surface area contributed by atoms with Crippen LogP contribution in [0.2, 0.25) is 0 Å². The molecule has 4 nitrogen and oxygen atoms in total. The van der Waals surface area contributed by atoms with Crippen LogP contribution in [0.3, 0.4) is 0 Å². The fourth-order valence-corrected chi connectivity index (χ4v) is 3.10. The Hall–Kier alpha value is -2.14. The van der Waals surface area contributed by atoms with Crippen LogP contribution in [0.1, 0.15) is 18.1 Å². The van der Waals surface area contributed by atoms with Crippen molar-refractivity contribution in [3.8, 4) is 0 Å². The molecule has 0 heterocycles. The van der Waals surface area contributed by atoms with Crippen LogP contribution in [0.25, 0.3) is 0 Å². The van der Waals surface area contributed by atoms with Crippen LogP contribution < -0.4 is 5.32 Å². The van der Waals surface area contributed by atoms with Gasteiger partial charge >= 0.3 is 0 Å². The Kier molecular flexibility index (Phi) is 5.93. The maximum Gasteiger partial charge on any atom is 0.224 e. The van der Waals surface area contributed by atoms with Crippen molar-refractivity contribution in [3.63, 3.8) is 0 Å². The number of amides is 1. The van der Waals surface area contributed by atoms with Gasteiger partial charge in [0.25, 0.3) is 0 Å². The van der Waals surface area contributed by atoms with Crippen molar-refractivity contribution in [2.24, 2.45) is 0 Å². The van der Waals surface area contributed by atoms with E-state index in [-0.39, 0.29) is 11.7 Å². The summed E-state index contributed by atoms with van der Waals surface area (Å²) in [6, 6.07) is 16.4. The van der Waals surface area contributed by atoms with E-state index in [9.17, 15) is 13.2 Å². The van der Waals surface area contributed by atoms with Gasteiger partial charge in [-0.2, -0.15) is 0 Å². The number of nitrogens with one attached hydrogen (secondary N) is 1. The first-order valence-electron chi connectivity index (χ1n) is 7.63. The van der Waals surface area contributed by atoms with Gasteiger partial charge in [0, 0.05) is 6.54 Å². The lowest BCUT2D eigenvalue weighted by Crippen LogP contribution is -2.27. The molecule has 0 aliphatic heterocycles. The van der Waals surface area contributed by atoms with Crippen molar-refractivity contribution in [1.29, 1.82) is 0 Å². The summed E-state index contributed by atoms with van der Waals surface area (Å²) in [6.07, 6.45) is 1.04. The van der Waals surface area contributed by atoms with E-state index in [1.165, 1.54) is 0 Å². The number of hydrogen-bond acceptors (Lipinski definition) is 3. The minimum absolute atomic E-state index is 0.0126. The molecule has 0 aliphatic carbocycles. The molecule has 0 spiro atoms. The molecular formula is C18H21NO3S. The summed E-state index contributed by atoms with van der Waals surface area (Å²) in [5.74, 6) is 0.0865. The summed E-state index contributed by atoms with van der Waals surface area (Å²) < 4.78 is 23.5. The molecular weight excluding hydrogens is 310 g/mol. The topological polar surface area (TPSA) is 63.2 Å². The predicted octanol–water partition coefficient (Wildman–Crippen LogP) is 2.38. The van der Waals surface area contributed by atoms with Crippen LogP contribution in [-0.2, 0) is 27.5 Å². The van der Waals surface area contributed by atoms with Crippen molar-refractivity contribution in [2.75, 3.05) is 12.3 Å². The Morgan fingerprint density at radius 1 is 0.957 bits per heavy atom. The first-order chi connectivity index (χ1) is 11.0. The zero-order valence-electron chi connectivity index (χ0n) is 13.2. The van der Waals surface area contributed by atoms with E-state index in [0.717, 1.165) is 11.1 Å². The van der Waals surface area contributed by atoms with Gasteiger partial charge in [0.15, 0.2) is 9.84 Å². The molecule has 0 fully saturated rings. The van der Waals surface area contributed by atoms with Gasteiger partial charge in [0.2, 0.25) is 5.91 Å². The average Bonchev–Trinajstić information content (AvgIpc) is 2.56. The molecule has 1 amide bonds. The molecule has 2 rings (SSSR count). The standard InChI is InChI=1S/C18H21NO3S/c1-2-23(21,22)17-10-8-15(9-11-17)12-13-19-18(20)14-16-6-4-3-5-7-16/h3-11H,2,12-14H2,1H3,(H,19,20). The highest BCUT2D eigenvalue weighted by molar-refractivity contribution is 7.91. The van der Waals surface area contributed by atoms with Gasteiger partial charge in [-0.3, -0.25) is 4.79 Å². The third kappa shape index (κ3) is 5.21. The highest BCUT2D eigenvalue weighted by Gasteiger charge is 2.10. The predicted molar refractivity (Wildman–Crippen MR) is 91.0 cm³/mol. The summed E-state index contributed by atoms with van der Waals surface area (Å²) >= 11 is 0. The van der Waals surface area contributed by atoms with Crippen molar-refractivity contribution in [1.82, 2.24) is 5.32 Å². The number of sulfone groups is 1. The molecule has 0 aliphatic rings. The highest BCUT2D eigenvalue weighted by Crippen LogP contribution is 2.12. The number of rotatable bonds is 7. The number of carbonyl (C=O) groups is 1. The van der Waals surface area contributed by atoms with Gasteiger partial charge in [-0.15, -0.1) is 0 Å². The van der Waals surface area contributed by atoms with Gasteiger partial charge in [-0.05, 0) is 29.7 Å². The van der Waals surface area contributed by atoms with Gasteiger partial charge < -0.3 is 5.32 Å². The Balaban J connectivity index is 1.81. The Morgan fingerprint density at radius 2 is 1.61 bits per heavy atom. The number of hydrogen-bond donors (Lipinski definition) is 1. The first-order valence-corrected chi connectivity index (χ1v) is 9.29. The van der Waals surface area contributed by atoms with Gasteiger partial charge in [0.1, 0.15) is 0 Å². The molecule has 0 aromatic heterocycles. The lowest BCUT2D eigenvalue weighted by Gasteiger charge is -2.07. The SMILES string of the molecule is CCS(=O)(=O)c1ccc(CCNC(=O)Cc2ccccc2)cc1. The summed E-state index contributed by atoms with van der Waals surface area (Å²) in [4.78, 5) is 12.2. The maximum absolute atomic E-state index is 11.8. The summed E-state index contributed by atoms with van der Waals surface area (Å²) in [5.41, 5.74) is 1.99. The number of benzene rings is 2. The van der Waals surface area contributed by atoms with E-state index in [1.54, 1.807) is 31.2 Å². The van der Waals surface area contributed by atoms with Crippen LogP contribution in [-0.4, -0.2) is 26.6 Å². The molecule has 0 atom stereocenters. The van der Waals surface area contributed by atoms with Crippen LogP contribution in [0.5, 0.6) is 0 Å². The van der Waals surface area contributed by atoms with E-state index >= 15 is 0 Å². The molecule has 23 heavy (non-hydrogen) atoms. The largest absolute Gasteiger partial charge is 0.355 e. The smallest absolute Gasteiger partial charge is 0.224 e. The molecule has 122 valence electrons. The van der Waals surface area contributed by atoms with Crippen LogP contribution in [0.4, 0.5) is 0 Å². The minimum atomic E-state index is -3.15. The average molecular weight is 331 g/mol. The van der Waals surface area contributed by atoms with E-state index in [2.05, 4.69) is 5.32 Å². The second-order valence-electron chi connectivity index (χ2n) is 5.31. The monoisotopic (exact) mass is 331 g/mol. The highest BCUT2D eigenvalue weighted by atomic mass is 32.2. The lowest BCUT2D eigenvalue weighted by atomic mass is 10.1. The molecule has 0 unspecified atom stereocenters. The zero-order valence-corrected chi connectivity index (χ0v) is 14.0. The molecule has 2 aromatic rings. The van der Waals surface area contributed by atoms with Crippen molar-refractivity contribution < 1.29 is 13.2 Å². The van der Waals surface area contributed by atoms with Crippen LogP contribution in [0.15, 0.2) is 59.5 Å². The van der Waals surface area contributed by atoms with E-state index in [4.69, 9.17) is 0 Å².